The van der Waals surface area contributed by atoms with E-state index < -0.39 is 0 Å². The van der Waals surface area contributed by atoms with Crippen molar-refractivity contribution >= 4 is 16.3 Å². The predicted molar refractivity (Wildman–Crippen MR) is 130 cm³/mol. The Morgan fingerprint density at radius 1 is 0.800 bits per heavy atom. The number of thiazole rings is 1. The molecule has 1 aromatic carbocycles. The van der Waals surface area contributed by atoms with Crippen molar-refractivity contribution in [2.75, 3.05) is 6.61 Å². The summed E-state index contributed by atoms with van der Waals surface area (Å²) < 4.78 is 8.10. The van der Waals surface area contributed by atoms with E-state index in [1.165, 1.54) is 75.5 Å². The van der Waals surface area contributed by atoms with E-state index in [4.69, 9.17) is 9.72 Å². The summed E-state index contributed by atoms with van der Waals surface area (Å²) in [5.74, 6) is 0.958. The van der Waals surface area contributed by atoms with Crippen molar-refractivity contribution in [2.45, 2.75) is 90.9 Å². The van der Waals surface area contributed by atoms with Gasteiger partial charge in [0.15, 0.2) is 4.96 Å². The number of ether oxygens (including phenoxy) is 1. The molecule has 30 heavy (non-hydrogen) atoms. The normalized spacial score (nSPS) is 11.4. The molecular weight excluding hydrogens is 388 g/mol. The Hall–Kier alpha value is -1.81. The topological polar surface area (TPSA) is 26.5 Å². The van der Waals surface area contributed by atoms with Gasteiger partial charge in [0.2, 0.25) is 0 Å². The fourth-order valence-corrected chi connectivity index (χ4v) is 4.80. The summed E-state index contributed by atoms with van der Waals surface area (Å²) in [6.45, 7) is 5.34. The molecule has 2 heterocycles. The summed E-state index contributed by atoms with van der Waals surface area (Å²) in [5.41, 5.74) is 2.19. The number of hydrogen-bond donors (Lipinski definition) is 0. The lowest BCUT2D eigenvalue weighted by molar-refractivity contribution is 0.304. The Bertz CT molecular complexity index is 818. The number of benzene rings is 1. The second-order valence-corrected chi connectivity index (χ2v) is 9.41. The first-order valence-electron chi connectivity index (χ1n) is 12.0. The molecule has 0 spiro atoms. The number of hydrogen-bond acceptors (Lipinski definition) is 3. The van der Waals surface area contributed by atoms with E-state index >= 15 is 0 Å². The molecule has 0 N–H and O–H groups in total. The Labute approximate surface area is 186 Å². The highest BCUT2D eigenvalue weighted by molar-refractivity contribution is 7.17. The van der Waals surface area contributed by atoms with Gasteiger partial charge in [-0.2, -0.15) is 0 Å². The largest absolute Gasteiger partial charge is 0.494 e. The van der Waals surface area contributed by atoms with Crippen LogP contribution in [0.2, 0.25) is 0 Å². The molecule has 0 fully saturated rings. The van der Waals surface area contributed by atoms with Crippen molar-refractivity contribution in [2.24, 2.45) is 0 Å². The third-order valence-electron chi connectivity index (χ3n) is 5.65. The predicted octanol–water partition coefficient (Wildman–Crippen LogP) is 8.32. The second-order valence-electron chi connectivity index (χ2n) is 8.32. The lowest BCUT2D eigenvalue weighted by Gasteiger charge is -2.07. The third kappa shape index (κ3) is 7.16. The smallest absolute Gasteiger partial charge is 0.194 e. The zero-order valence-electron chi connectivity index (χ0n) is 18.9. The van der Waals surface area contributed by atoms with Gasteiger partial charge in [0.25, 0.3) is 0 Å². The van der Waals surface area contributed by atoms with Gasteiger partial charge in [0.05, 0.1) is 12.3 Å². The fourth-order valence-electron chi connectivity index (χ4n) is 3.80. The van der Waals surface area contributed by atoms with Crippen LogP contribution in [-0.2, 0) is 6.42 Å². The first-order chi connectivity index (χ1) is 14.8. The van der Waals surface area contributed by atoms with Gasteiger partial charge in [-0.1, -0.05) is 71.6 Å². The standard InChI is InChI=1S/C26H38N2OS/c1-3-5-7-9-10-11-13-19-29-23-17-15-22(16-18-23)25-21-28-20-24(30-26(28)27-25)14-12-8-6-4-2/h15-18,20-21H,3-14,19H2,1-2H3. The van der Waals surface area contributed by atoms with Gasteiger partial charge in [-0.15, -0.1) is 11.3 Å². The molecule has 3 nitrogen and oxygen atoms in total. The number of aryl methyl sites for hydroxylation is 1. The quantitative estimate of drug-likeness (QED) is 0.228. The van der Waals surface area contributed by atoms with E-state index in [0.717, 1.165) is 35.0 Å². The van der Waals surface area contributed by atoms with Gasteiger partial charge >= 0.3 is 0 Å². The van der Waals surface area contributed by atoms with Gasteiger partial charge < -0.3 is 4.74 Å². The molecule has 0 saturated carbocycles. The molecule has 2 aromatic heterocycles. The van der Waals surface area contributed by atoms with Crippen molar-refractivity contribution in [3.63, 3.8) is 0 Å². The Kier molecular flexibility index (Phi) is 9.75. The number of rotatable bonds is 15. The van der Waals surface area contributed by atoms with E-state index in [2.05, 4.69) is 54.9 Å². The maximum absolute atomic E-state index is 5.92. The second kappa shape index (κ2) is 12.8. The van der Waals surface area contributed by atoms with Crippen LogP contribution in [0.25, 0.3) is 16.2 Å². The van der Waals surface area contributed by atoms with E-state index in [-0.39, 0.29) is 0 Å². The number of aromatic nitrogens is 2. The van der Waals surface area contributed by atoms with Crippen LogP contribution in [0.3, 0.4) is 0 Å². The van der Waals surface area contributed by atoms with Crippen molar-refractivity contribution in [3.8, 4) is 17.0 Å². The molecule has 3 aromatic rings. The van der Waals surface area contributed by atoms with Crippen LogP contribution < -0.4 is 4.74 Å². The van der Waals surface area contributed by atoms with Crippen LogP contribution in [0.1, 0.15) is 89.4 Å². The van der Waals surface area contributed by atoms with E-state index in [9.17, 15) is 0 Å². The summed E-state index contributed by atoms with van der Waals surface area (Å²) in [6.07, 6.45) is 20.0. The molecule has 0 atom stereocenters. The zero-order valence-corrected chi connectivity index (χ0v) is 19.7. The molecule has 0 radical (unpaired) electrons. The average molecular weight is 427 g/mol. The van der Waals surface area contributed by atoms with Gasteiger partial charge in [0.1, 0.15) is 5.75 Å². The molecule has 0 aliphatic heterocycles. The minimum Gasteiger partial charge on any atom is -0.494 e. The molecular formula is C26H38N2OS. The minimum atomic E-state index is 0.814. The van der Waals surface area contributed by atoms with Crippen LogP contribution >= 0.6 is 11.3 Å². The van der Waals surface area contributed by atoms with Gasteiger partial charge in [0, 0.05) is 22.8 Å². The van der Waals surface area contributed by atoms with Gasteiger partial charge in [-0.3, -0.25) is 4.40 Å². The minimum absolute atomic E-state index is 0.814. The number of nitrogens with zero attached hydrogens (tertiary/aromatic N) is 2. The molecule has 0 saturated heterocycles. The van der Waals surface area contributed by atoms with Crippen molar-refractivity contribution < 1.29 is 4.74 Å². The summed E-state index contributed by atoms with van der Waals surface area (Å²) in [7, 11) is 0. The van der Waals surface area contributed by atoms with Crippen LogP contribution in [0.4, 0.5) is 0 Å². The maximum atomic E-state index is 5.92. The molecule has 0 unspecified atom stereocenters. The van der Waals surface area contributed by atoms with Crippen molar-refractivity contribution in [3.05, 3.63) is 41.5 Å². The summed E-state index contributed by atoms with van der Waals surface area (Å²) in [5, 5.41) is 0. The first-order valence-corrected chi connectivity index (χ1v) is 12.8. The zero-order chi connectivity index (χ0) is 21.0. The Morgan fingerprint density at radius 3 is 2.17 bits per heavy atom. The highest BCUT2D eigenvalue weighted by Gasteiger charge is 2.08. The average Bonchev–Trinajstić information content (AvgIpc) is 3.32. The highest BCUT2D eigenvalue weighted by Crippen LogP contribution is 2.26. The van der Waals surface area contributed by atoms with E-state index in [1.54, 1.807) is 0 Å². The molecule has 0 bridgehead atoms. The van der Waals surface area contributed by atoms with E-state index in [0.29, 0.717) is 0 Å². The molecule has 0 amide bonds. The van der Waals surface area contributed by atoms with E-state index in [1.807, 2.05) is 11.3 Å². The maximum Gasteiger partial charge on any atom is 0.194 e. The SMILES string of the molecule is CCCCCCCCCOc1ccc(-c2cn3cc(CCCCCC)sc3n2)cc1. The van der Waals surface area contributed by atoms with Crippen molar-refractivity contribution in [1.82, 2.24) is 9.38 Å². The molecule has 0 aliphatic rings. The van der Waals surface area contributed by atoms with Crippen LogP contribution in [-0.4, -0.2) is 16.0 Å². The lowest BCUT2D eigenvalue weighted by Crippen LogP contribution is -1.97. The Balaban J connectivity index is 1.43. The molecule has 0 aliphatic carbocycles. The first kappa shape index (κ1) is 22.9. The number of unbranched alkanes of at least 4 members (excludes halogenated alkanes) is 9. The van der Waals surface area contributed by atoms with Gasteiger partial charge in [-0.25, -0.2) is 4.98 Å². The van der Waals surface area contributed by atoms with Crippen LogP contribution in [0.15, 0.2) is 36.7 Å². The monoisotopic (exact) mass is 426 g/mol. The third-order valence-corrected chi connectivity index (χ3v) is 6.70. The summed E-state index contributed by atoms with van der Waals surface area (Å²) in [4.78, 5) is 7.37. The number of fused-ring (bicyclic) bond motifs is 1. The van der Waals surface area contributed by atoms with Crippen LogP contribution in [0, 0.1) is 0 Å². The molecule has 3 rings (SSSR count). The van der Waals surface area contributed by atoms with Gasteiger partial charge in [-0.05, 0) is 43.5 Å². The summed E-state index contributed by atoms with van der Waals surface area (Å²) in [6, 6.07) is 8.39. The summed E-state index contributed by atoms with van der Waals surface area (Å²) >= 11 is 1.82. The lowest BCUT2D eigenvalue weighted by atomic mass is 10.1. The van der Waals surface area contributed by atoms with Crippen LogP contribution in [0.5, 0.6) is 5.75 Å². The van der Waals surface area contributed by atoms with Crippen molar-refractivity contribution in [1.29, 1.82) is 0 Å². The number of imidazole rings is 1. The Morgan fingerprint density at radius 2 is 1.47 bits per heavy atom. The molecule has 4 heteroatoms. The highest BCUT2D eigenvalue weighted by atomic mass is 32.1. The fraction of sp³-hybridized carbons (Fsp3) is 0.577. The molecule has 164 valence electrons.